The Bertz CT molecular complexity index is 668. The second-order valence-corrected chi connectivity index (χ2v) is 6.21. The molecule has 1 aromatic heterocycles. The molecule has 0 radical (unpaired) electrons. The van der Waals surface area contributed by atoms with Crippen molar-refractivity contribution >= 4 is 5.91 Å². The van der Waals surface area contributed by atoms with E-state index in [2.05, 4.69) is 26.4 Å². The van der Waals surface area contributed by atoms with Crippen LogP contribution in [0.2, 0.25) is 0 Å². The monoisotopic (exact) mass is 343 g/mol. The van der Waals surface area contributed by atoms with E-state index < -0.39 is 0 Å². The molecule has 0 aliphatic carbocycles. The van der Waals surface area contributed by atoms with Crippen molar-refractivity contribution in [2.24, 2.45) is 0 Å². The Hall–Kier alpha value is -2.41. The summed E-state index contributed by atoms with van der Waals surface area (Å²) in [7, 11) is 1.69. The Morgan fingerprint density at radius 3 is 2.84 bits per heavy atom. The number of hydrogen-bond acceptors (Lipinski definition) is 5. The summed E-state index contributed by atoms with van der Waals surface area (Å²) in [6.07, 6.45) is 5.89. The van der Waals surface area contributed by atoms with Gasteiger partial charge >= 0.3 is 0 Å². The van der Waals surface area contributed by atoms with Crippen molar-refractivity contribution in [1.82, 2.24) is 25.0 Å². The number of nitrogens with zero attached hydrogens (tertiary/aromatic N) is 4. The second-order valence-electron chi connectivity index (χ2n) is 6.21. The largest absolute Gasteiger partial charge is 0.496 e. The van der Waals surface area contributed by atoms with Gasteiger partial charge in [0.25, 0.3) is 0 Å². The zero-order chi connectivity index (χ0) is 17.5. The van der Waals surface area contributed by atoms with E-state index in [1.165, 1.54) is 19.2 Å². The number of rotatable bonds is 8. The molecular formula is C18H25N5O2. The van der Waals surface area contributed by atoms with E-state index in [-0.39, 0.29) is 11.9 Å². The molecule has 1 aliphatic heterocycles. The van der Waals surface area contributed by atoms with Gasteiger partial charge < -0.3 is 10.1 Å². The summed E-state index contributed by atoms with van der Waals surface area (Å²) >= 11 is 0. The fourth-order valence-corrected chi connectivity index (χ4v) is 3.29. The van der Waals surface area contributed by atoms with Gasteiger partial charge in [0, 0.05) is 18.5 Å². The predicted molar refractivity (Wildman–Crippen MR) is 94.2 cm³/mol. The van der Waals surface area contributed by atoms with Crippen LogP contribution in [0.1, 0.15) is 30.9 Å². The minimum Gasteiger partial charge on any atom is -0.496 e. The van der Waals surface area contributed by atoms with E-state index in [0.29, 0.717) is 19.5 Å². The van der Waals surface area contributed by atoms with Crippen LogP contribution in [0.15, 0.2) is 36.9 Å². The van der Waals surface area contributed by atoms with Gasteiger partial charge in [-0.3, -0.25) is 14.4 Å². The highest BCUT2D eigenvalue weighted by atomic mass is 16.5. The van der Waals surface area contributed by atoms with E-state index in [0.717, 1.165) is 24.4 Å². The van der Waals surface area contributed by atoms with Gasteiger partial charge in [0.15, 0.2) is 0 Å². The molecular weight excluding hydrogens is 318 g/mol. The molecule has 2 aromatic rings. The third-order valence-electron chi connectivity index (χ3n) is 4.61. The molecule has 1 aliphatic rings. The number of aryl methyl sites for hydroxylation is 1. The molecule has 3 rings (SSSR count). The van der Waals surface area contributed by atoms with Crippen LogP contribution < -0.4 is 10.1 Å². The SMILES string of the molecule is COc1ccccc1C(CNC(=O)CCn1cncn1)N1CCCC1. The van der Waals surface area contributed by atoms with Crippen molar-refractivity contribution in [3.8, 4) is 5.75 Å². The quantitative estimate of drug-likeness (QED) is 0.789. The number of aromatic nitrogens is 3. The van der Waals surface area contributed by atoms with E-state index in [1.54, 1.807) is 18.1 Å². The van der Waals surface area contributed by atoms with Crippen molar-refractivity contribution in [1.29, 1.82) is 0 Å². The molecule has 134 valence electrons. The standard InChI is InChI=1S/C18H25N5O2/c1-25-17-7-3-2-6-15(17)16(22-9-4-5-10-22)12-20-18(24)8-11-23-14-19-13-21-23/h2-3,6-7,13-14,16H,4-5,8-12H2,1H3,(H,20,24). The predicted octanol–water partition coefficient (Wildman–Crippen LogP) is 1.63. The van der Waals surface area contributed by atoms with Crippen LogP contribution >= 0.6 is 0 Å². The molecule has 25 heavy (non-hydrogen) atoms. The third-order valence-corrected chi connectivity index (χ3v) is 4.61. The van der Waals surface area contributed by atoms with Gasteiger partial charge in [-0.25, -0.2) is 4.98 Å². The molecule has 1 saturated heterocycles. The highest BCUT2D eigenvalue weighted by Gasteiger charge is 2.26. The van der Waals surface area contributed by atoms with Crippen molar-refractivity contribution in [3.63, 3.8) is 0 Å². The Morgan fingerprint density at radius 2 is 2.12 bits per heavy atom. The van der Waals surface area contributed by atoms with Gasteiger partial charge in [-0.1, -0.05) is 18.2 Å². The lowest BCUT2D eigenvalue weighted by Gasteiger charge is -2.29. The van der Waals surface area contributed by atoms with Crippen LogP contribution in [0.25, 0.3) is 0 Å². The first-order valence-corrected chi connectivity index (χ1v) is 8.74. The zero-order valence-electron chi connectivity index (χ0n) is 14.6. The molecule has 1 atom stereocenters. The minimum absolute atomic E-state index is 0.0228. The van der Waals surface area contributed by atoms with Crippen LogP contribution in [-0.2, 0) is 11.3 Å². The maximum Gasteiger partial charge on any atom is 0.221 e. The van der Waals surface area contributed by atoms with Gasteiger partial charge in [0.05, 0.1) is 19.7 Å². The number of nitrogens with one attached hydrogen (secondary N) is 1. The molecule has 2 heterocycles. The molecule has 7 nitrogen and oxygen atoms in total. The minimum atomic E-state index is 0.0228. The van der Waals surface area contributed by atoms with E-state index >= 15 is 0 Å². The molecule has 1 aromatic carbocycles. The van der Waals surface area contributed by atoms with Gasteiger partial charge in [0.1, 0.15) is 18.4 Å². The summed E-state index contributed by atoms with van der Waals surface area (Å²) < 4.78 is 7.20. The van der Waals surface area contributed by atoms with Crippen LogP contribution in [0.4, 0.5) is 0 Å². The highest BCUT2D eigenvalue weighted by Crippen LogP contribution is 2.31. The van der Waals surface area contributed by atoms with Gasteiger partial charge in [-0.2, -0.15) is 5.10 Å². The van der Waals surface area contributed by atoms with Crippen molar-refractivity contribution in [2.45, 2.75) is 31.8 Å². The van der Waals surface area contributed by atoms with Crippen LogP contribution in [0, 0.1) is 0 Å². The Morgan fingerprint density at radius 1 is 1.32 bits per heavy atom. The lowest BCUT2D eigenvalue weighted by molar-refractivity contribution is -0.121. The van der Waals surface area contributed by atoms with Crippen molar-refractivity contribution in [3.05, 3.63) is 42.5 Å². The van der Waals surface area contributed by atoms with Crippen molar-refractivity contribution in [2.75, 3.05) is 26.7 Å². The molecule has 1 N–H and O–H groups in total. The van der Waals surface area contributed by atoms with Gasteiger partial charge in [-0.05, 0) is 32.0 Å². The highest BCUT2D eigenvalue weighted by molar-refractivity contribution is 5.75. The van der Waals surface area contributed by atoms with E-state index in [9.17, 15) is 4.79 Å². The maximum absolute atomic E-state index is 12.2. The average molecular weight is 343 g/mol. The Kier molecular flexibility index (Phi) is 6.00. The van der Waals surface area contributed by atoms with Crippen LogP contribution in [-0.4, -0.2) is 52.3 Å². The smallest absolute Gasteiger partial charge is 0.221 e. The summed E-state index contributed by atoms with van der Waals surface area (Å²) in [6.45, 7) is 3.22. The Labute approximate surface area is 148 Å². The normalized spacial score (nSPS) is 15.9. The number of amides is 1. The number of hydrogen-bond donors (Lipinski definition) is 1. The number of para-hydroxylation sites is 1. The molecule has 1 unspecified atom stereocenters. The summed E-state index contributed by atoms with van der Waals surface area (Å²) in [6, 6.07) is 8.19. The first kappa shape index (κ1) is 17.4. The Balaban J connectivity index is 1.62. The van der Waals surface area contributed by atoms with Gasteiger partial charge in [-0.15, -0.1) is 0 Å². The topological polar surface area (TPSA) is 72.3 Å². The van der Waals surface area contributed by atoms with Crippen LogP contribution in [0.5, 0.6) is 5.75 Å². The summed E-state index contributed by atoms with van der Waals surface area (Å²) in [4.78, 5) is 18.5. The molecule has 7 heteroatoms. The number of ether oxygens (including phenoxy) is 1. The summed E-state index contributed by atoms with van der Waals surface area (Å²) in [5.41, 5.74) is 1.13. The average Bonchev–Trinajstić information content (AvgIpc) is 3.34. The number of carbonyl (C=O) groups is 1. The zero-order valence-corrected chi connectivity index (χ0v) is 14.6. The maximum atomic E-state index is 12.2. The molecule has 1 fully saturated rings. The number of benzene rings is 1. The van der Waals surface area contributed by atoms with Crippen LogP contribution in [0.3, 0.4) is 0 Å². The number of methoxy groups -OCH3 is 1. The second kappa shape index (κ2) is 8.62. The number of likely N-dealkylation sites (tertiary alicyclic amines) is 1. The lowest BCUT2D eigenvalue weighted by Crippen LogP contribution is -2.37. The fourth-order valence-electron chi connectivity index (χ4n) is 3.29. The summed E-state index contributed by atoms with van der Waals surface area (Å²) in [5.74, 6) is 0.894. The number of carbonyl (C=O) groups excluding carboxylic acids is 1. The molecule has 0 spiro atoms. The molecule has 0 bridgehead atoms. The first-order valence-electron chi connectivity index (χ1n) is 8.74. The summed E-state index contributed by atoms with van der Waals surface area (Å²) in [5, 5.41) is 7.09. The van der Waals surface area contributed by atoms with E-state index in [4.69, 9.17) is 4.74 Å². The fraction of sp³-hybridized carbons (Fsp3) is 0.500. The lowest BCUT2D eigenvalue weighted by atomic mass is 10.0. The first-order chi connectivity index (χ1) is 12.3. The van der Waals surface area contributed by atoms with E-state index in [1.807, 2.05) is 18.2 Å². The third kappa shape index (κ3) is 4.57. The molecule has 0 saturated carbocycles. The van der Waals surface area contributed by atoms with Crippen molar-refractivity contribution < 1.29 is 9.53 Å². The molecule has 1 amide bonds. The van der Waals surface area contributed by atoms with Gasteiger partial charge in [0.2, 0.25) is 5.91 Å².